The van der Waals surface area contributed by atoms with Crippen molar-refractivity contribution < 1.29 is 22.4 Å². The van der Waals surface area contributed by atoms with Gasteiger partial charge in [0.2, 0.25) is 10.0 Å². The Bertz CT molecular complexity index is 1070. The lowest BCUT2D eigenvalue weighted by molar-refractivity contribution is 0.0664. The van der Waals surface area contributed by atoms with E-state index in [1.807, 2.05) is 0 Å². The molecule has 0 unspecified atom stereocenters. The van der Waals surface area contributed by atoms with Gasteiger partial charge >= 0.3 is 6.03 Å². The summed E-state index contributed by atoms with van der Waals surface area (Å²) >= 11 is 0. The molecule has 2 aromatic rings. The van der Waals surface area contributed by atoms with Crippen LogP contribution in [0.15, 0.2) is 47.4 Å². The molecule has 0 spiro atoms. The van der Waals surface area contributed by atoms with Gasteiger partial charge in [0.1, 0.15) is 5.82 Å². The van der Waals surface area contributed by atoms with Crippen LogP contribution in [0.3, 0.4) is 0 Å². The number of amides is 3. The van der Waals surface area contributed by atoms with E-state index in [0.29, 0.717) is 37.3 Å². The first-order valence-corrected chi connectivity index (χ1v) is 10.9. The fourth-order valence-corrected chi connectivity index (χ4v) is 3.73. The maximum absolute atomic E-state index is 13.7. The zero-order valence-electron chi connectivity index (χ0n) is 16.5. The van der Waals surface area contributed by atoms with E-state index >= 15 is 0 Å². The van der Waals surface area contributed by atoms with Crippen LogP contribution in [-0.2, 0) is 16.6 Å². The molecule has 1 aliphatic rings. The van der Waals surface area contributed by atoms with Crippen molar-refractivity contribution in [3.05, 3.63) is 65.0 Å². The molecule has 1 saturated heterocycles. The molecule has 0 radical (unpaired) electrons. The van der Waals surface area contributed by atoms with Gasteiger partial charge in [-0.2, -0.15) is 0 Å². The molecular weight excluding hydrogens is 411 g/mol. The topological polar surface area (TPSA) is 113 Å². The van der Waals surface area contributed by atoms with E-state index in [-0.39, 0.29) is 28.9 Å². The molecule has 0 bridgehead atoms. The minimum Gasteiger partial charge on any atom is -0.335 e. The number of rotatable bonds is 4. The Balaban J connectivity index is 1.53. The number of sulfonamides is 1. The summed E-state index contributed by atoms with van der Waals surface area (Å²) in [6.07, 6.45) is 0. The number of nitrogens with two attached hydrogens (primary N) is 1. The molecule has 0 atom stereocenters. The molecule has 3 amide bonds. The highest BCUT2D eigenvalue weighted by atomic mass is 32.2. The summed E-state index contributed by atoms with van der Waals surface area (Å²) < 4.78 is 36.6. The number of carbonyl (C=O) groups excluding carboxylic acids is 2. The van der Waals surface area contributed by atoms with Gasteiger partial charge in [0, 0.05) is 38.3 Å². The highest BCUT2D eigenvalue weighted by Gasteiger charge is 2.25. The second-order valence-electron chi connectivity index (χ2n) is 7.09. The first-order valence-electron chi connectivity index (χ1n) is 9.35. The number of hydrogen-bond acceptors (Lipinski definition) is 4. The number of halogens is 1. The lowest BCUT2D eigenvalue weighted by Gasteiger charge is -2.34. The molecule has 8 nitrogen and oxygen atoms in total. The largest absolute Gasteiger partial charge is 0.335 e. The molecule has 1 fully saturated rings. The molecule has 3 N–H and O–H groups in total. The van der Waals surface area contributed by atoms with Gasteiger partial charge in [0.15, 0.2) is 0 Å². The van der Waals surface area contributed by atoms with E-state index in [9.17, 15) is 22.4 Å². The highest BCUT2D eigenvalue weighted by molar-refractivity contribution is 7.89. The second-order valence-corrected chi connectivity index (χ2v) is 8.66. The zero-order chi connectivity index (χ0) is 21.9. The van der Waals surface area contributed by atoms with E-state index < -0.39 is 15.8 Å². The Labute approximate surface area is 174 Å². The quantitative estimate of drug-likeness (QED) is 0.758. The number of aryl methyl sites for hydroxylation is 1. The normalized spacial score (nSPS) is 14.5. The van der Waals surface area contributed by atoms with Crippen molar-refractivity contribution in [3.63, 3.8) is 0 Å². The van der Waals surface area contributed by atoms with Gasteiger partial charge in [0.05, 0.1) is 4.90 Å². The van der Waals surface area contributed by atoms with Crippen molar-refractivity contribution in [3.8, 4) is 0 Å². The number of carbonyl (C=O) groups is 2. The molecule has 10 heteroatoms. The minimum absolute atomic E-state index is 0.0195. The van der Waals surface area contributed by atoms with Crippen LogP contribution in [0.5, 0.6) is 0 Å². The number of benzene rings is 2. The summed E-state index contributed by atoms with van der Waals surface area (Å²) in [5.41, 5.74) is 1.36. The standard InChI is InChI=1S/C20H23FN4O4S/c1-14-5-6-16(12-18(14)21)19(26)24-7-9-25(10-8-24)20(27)23-13-15-3-2-4-17(11-15)30(22,28)29/h2-6,11-12H,7-10,13H2,1H3,(H,23,27)(H2,22,28,29). The molecule has 160 valence electrons. The third-order valence-electron chi connectivity index (χ3n) is 4.94. The van der Waals surface area contributed by atoms with Crippen LogP contribution in [0.25, 0.3) is 0 Å². The summed E-state index contributed by atoms with van der Waals surface area (Å²) in [7, 11) is -3.81. The lowest BCUT2D eigenvalue weighted by Crippen LogP contribution is -2.53. The van der Waals surface area contributed by atoms with E-state index in [4.69, 9.17) is 5.14 Å². The fourth-order valence-electron chi connectivity index (χ4n) is 3.14. The summed E-state index contributed by atoms with van der Waals surface area (Å²) in [6, 6.07) is 10.1. The first-order chi connectivity index (χ1) is 14.1. The SMILES string of the molecule is Cc1ccc(C(=O)N2CCN(C(=O)NCc3cccc(S(N)(=O)=O)c3)CC2)cc1F. The average molecular weight is 434 g/mol. The van der Waals surface area contributed by atoms with Gasteiger partial charge in [-0.25, -0.2) is 22.7 Å². The highest BCUT2D eigenvalue weighted by Crippen LogP contribution is 2.14. The number of piperazine rings is 1. The van der Waals surface area contributed by atoms with Gasteiger partial charge < -0.3 is 15.1 Å². The van der Waals surface area contributed by atoms with Gasteiger partial charge in [-0.05, 0) is 42.3 Å². The van der Waals surface area contributed by atoms with Gasteiger partial charge in [-0.3, -0.25) is 4.79 Å². The summed E-state index contributed by atoms with van der Waals surface area (Å²) in [4.78, 5) is 28.1. The van der Waals surface area contributed by atoms with Gasteiger partial charge in [0.25, 0.3) is 5.91 Å². The summed E-state index contributed by atoms with van der Waals surface area (Å²) in [6.45, 7) is 3.12. The smallest absolute Gasteiger partial charge is 0.317 e. The molecule has 0 saturated carbocycles. The van der Waals surface area contributed by atoms with E-state index in [2.05, 4.69) is 5.32 Å². The van der Waals surface area contributed by atoms with Crippen molar-refractivity contribution in [2.45, 2.75) is 18.4 Å². The number of nitrogens with zero attached hydrogens (tertiary/aromatic N) is 2. The van der Waals surface area contributed by atoms with Gasteiger partial charge in [-0.1, -0.05) is 18.2 Å². The Hall–Kier alpha value is -2.98. The molecule has 1 heterocycles. The first kappa shape index (κ1) is 21.7. The van der Waals surface area contributed by atoms with Crippen molar-refractivity contribution in [2.24, 2.45) is 5.14 Å². The maximum Gasteiger partial charge on any atom is 0.317 e. The molecule has 1 aliphatic heterocycles. The zero-order valence-corrected chi connectivity index (χ0v) is 17.3. The molecule has 0 aliphatic carbocycles. The van der Waals surface area contributed by atoms with E-state index in [1.165, 1.54) is 18.2 Å². The van der Waals surface area contributed by atoms with Crippen molar-refractivity contribution in [2.75, 3.05) is 26.2 Å². The number of primary sulfonamides is 1. The third-order valence-corrected chi connectivity index (χ3v) is 5.85. The molecule has 0 aromatic heterocycles. The maximum atomic E-state index is 13.7. The predicted octanol–water partition coefficient (Wildman–Crippen LogP) is 1.45. The van der Waals surface area contributed by atoms with Crippen molar-refractivity contribution >= 4 is 22.0 Å². The van der Waals surface area contributed by atoms with Crippen LogP contribution in [0.1, 0.15) is 21.5 Å². The van der Waals surface area contributed by atoms with Crippen LogP contribution >= 0.6 is 0 Å². The Morgan fingerprint density at radius 1 is 1.07 bits per heavy atom. The van der Waals surface area contributed by atoms with Crippen molar-refractivity contribution in [1.82, 2.24) is 15.1 Å². The summed E-state index contributed by atoms with van der Waals surface area (Å²) in [5, 5.41) is 7.85. The lowest BCUT2D eigenvalue weighted by atomic mass is 10.1. The average Bonchev–Trinajstić information content (AvgIpc) is 2.73. The predicted molar refractivity (Wildman–Crippen MR) is 109 cm³/mol. The van der Waals surface area contributed by atoms with Gasteiger partial charge in [-0.15, -0.1) is 0 Å². The second kappa shape index (κ2) is 8.80. The number of urea groups is 1. The fraction of sp³-hybridized carbons (Fsp3) is 0.300. The van der Waals surface area contributed by atoms with E-state index in [0.717, 1.165) is 0 Å². The molecule has 3 rings (SSSR count). The molecular formula is C20H23FN4O4S. The van der Waals surface area contributed by atoms with Crippen LogP contribution in [0.4, 0.5) is 9.18 Å². The van der Waals surface area contributed by atoms with Crippen LogP contribution in [0.2, 0.25) is 0 Å². The molecule has 2 aromatic carbocycles. The van der Waals surface area contributed by atoms with Crippen LogP contribution in [0, 0.1) is 12.7 Å². The van der Waals surface area contributed by atoms with Crippen molar-refractivity contribution in [1.29, 1.82) is 0 Å². The Morgan fingerprint density at radius 3 is 2.37 bits per heavy atom. The Kier molecular flexibility index (Phi) is 6.37. The Morgan fingerprint density at radius 2 is 1.73 bits per heavy atom. The van der Waals surface area contributed by atoms with Crippen LogP contribution in [-0.4, -0.2) is 56.3 Å². The third kappa shape index (κ3) is 5.14. The monoisotopic (exact) mass is 434 g/mol. The van der Waals surface area contributed by atoms with Crippen LogP contribution < -0.4 is 10.5 Å². The van der Waals surface area contributed by atoms with E-state index in [1.54, 1.807) is 41.0 Å². The summed E-state index contributed by atoms with van der Waals surface area (Å²) in [5.74, 6) is -0.695. The number of hydrogen-bond donors (Lipinski definition) is 2. The minimum atomic E-state index is -3.81. The molecule has 30 heavy (non-hydrogen) atoms. The number of nitrogens with one attached hydrogen (secondary N) is 1.